The standard InChI is InChI=1S/C32H38N2O3/c1-25-18-20-29(21-19-25)37-22-10-17-31(35)34(24-27-13-6-3-7-14-27)30(23-26-11-4-2-5-12-26)32(36)33-28-15-8-9-16-28/h2-7,11-14,18-21,28,30H,8-10,15-17,22-24H2,1H3,(H,33,36). The van der Waals surface area contributed by atoms with Crippen molar-refractivity contribution in [3.63, 3.8) is 0 Å². The molecule has 0 bridgehead atoms. The first kappa shape index (κ1) is 26.5. The van der Waals surface area contributed by atoms with Crippen molar-refractivity contribution in [2.24, 2.45) is 0 Å². The van der Waals surface area contributed by atoms with Gasteiger partial charge < -0.3 is 15.0 Å². The summed E-state index contributed by atoms with van der Waals surface area (Å²) in [5.74, 6) is 0.715. The second kappa shape index (κ2) is 13.6. The zero-order valence-corrected chi connectivity index (χ0v) is 21.8. The highest BCUT2D eigenvalue weighted by molar-refractivity contribution is 5.88. The molecule has 1 saturated carbocycles. The Morgan fingerprint density at radius 1 is 0.892 bits per heavy atom. The molecule has 1 fully saturated rings. The maximum absolute atomic E-state index is 13.7. The quantitative estimate of drug-likeness (QED) is 0.319. The highest BCUT2D eigenvalue weighted by atomic mass is 16.5. The molecule has 5 nitrogen and oxygen atoms in total. The van der Waals surface area contributed by atoms with E-state index in [2.05, 4.69) is 5.32 Å². The summed E-state index contributed by atoms with van der Waals surface area (Å²) in [6.07, 6.45) is 5.68. The lowest BCUT2D eigenvalue weighted by molar-refractivity contribution is -0.141. The van der Waals surface area contributed by atoms with Gasteiger partial charge >= 0.3 is 0 Å². The molecule has 0 aromatic heterocycles. The zero-order valence-electron chi connectivity index (χ0n) is 21.8. The van der Waals surface area contributed by atoms with E-state index in [1.807, 2.05) is 91.9 Å². The number of carbonyl (C=O) groups is 2. The van der Waals surface area contributed by atoms with Gasteiger partial charge in [0.1, 0.15) is 11.8 Å². The van der Waals surface area contributed by atoms with Gasteiger partial charge in [0, 0.05) is 25.4 Å². The minimum atomic E-state index is -0.575. The second-order valence-electron chi connectivity index (χ2n) is 9.97. The normalized spacial score (nSPS) is 14.2. The number of benzene rings is 3. The predicted octanol–water partition coefficient (Wildman–Crippen LogP) is 5.85. The number of rotatable bonds is 12. The van der Waals surface area contributed by atoms with Gasteiger partial charge in [-0.1, -0.05) is 91.2 Å². The fourth-order valence-corrected chi connectivity index (χ4v) is 4.89. The molecule has 0 spiro atoms. The zero-order chi connectivity index (χ0) is 25.9. The maximum atomic E-state index is 13.7. The van der Waals surface area contributed by atoms with Crippen LogP contribution in [-0.2, 0) is 22.6 Å². The van der Waals surface area contributed by atoms with Crippen LogP contribution in [0.3, 0.4) is 0 Å². The second-order valence-corrected chi connectivity index (χ2v) is 9.97. The van der Waals surface area contributed by atoms with Crippen molar-refractivity contribution in [3.8, 4) is 5.75 Å². The fourth-order valence-electron chi connectivity index (χ4n) is 4.89. The molecule has 0 heterocycles. The first-order valence-electron chi connectivity index (χ1n) is 13.5. The molecular weight excluding hydrogens is 460 g/mol. The van der Waals surface area contributed by atoms with E-state index in [4.69, 9.17) is 4.74 Å². The monoisotopic (exact) mass is 498 g/mol. The van der Waals surface area contributed by atoms with Crippen LogP contribution in [0.4, 0.5) is 0 Å². The van der Waals surface area contributed by atoms with E-state index < -0.39 is 6.04 Å². The van der Waals surface area contributed by atoms with Gasteiger partial charge in [0.15, 0.2) is 0 Å². The van der Waals surface area contributed by atoms with E-state index in [0.29, 0.717) is 32.4 Å². The Hall–Kier alpha value is -3.60. The Labute approximate surface area is 220 Å². The molecule has 3 aromatic rings. The average Bonchev–Trinajstić information content (AvgIpc) is 3.43. The fraction of sp³-hybridized carbons (Fsp3) is 0.375. The summed E-state index contributed by atoms with van der Waals surface area (Å²) in [5.41, 5.74) is 3.24. The van der Waals surface area contributed by atoms with Gasteiger partial charge in [-0.2, -0.15) is 0 Å². The van der Waals surface area contributed by atoms with E-state index in [-0.39, 0.29) is 17.9 Å². The molecule has 0 saturated heterocycles. The third-order valence-corrected chi connectivity index (χ3v) is 6.99. The average molecular weight is 499 g/mol. The molecule has 0 aliphatic heterocycles. The maximum Gasteiger partial charge on any atom is 0.243 e. The summed E-state index contributed by atoms with van der Waals surface area (Å²) in [6, 6.07) is 27.4. The van der Waals surface area contributed by atoms with Gasteiger partial charge in [-0.3, -0.25) is 9.59 Å². The van der Waals surface area contributed by atoms with Crippen molar-refractivity contribution in [3.05, 3.63) is 102 Å². The van der Waals surface area contributed by atoms with E-state index in [1.165, 1.54) is 5.56 Å². The van der Waals surface area contributed by atoms with Crippen LogP contribution in [0.2, 0.25) is 0 Å². The number of nitrogens with one attached hydrogen (secondary N) is 1. The lowest BCUT2D eigenvalue weighted by Crippen LogP contribution is -2.52. The number of amides is 2. The molecule has 1 unspecified atom stereocenters. The van der Waals surface area contributed by atoms with Gasteiger partial charge in [0.2, 0.25) is 11.8 Å². The molecule has 1 atom stereocenters. The van der Waals surface area contributed by atoms with Crippen LogP contribution in [0.15, 0.2) is 84.9 Å². The first-order chi connectivity index (χ1) is 18.1. The van der Waals surface area contributed by atoms with E-state index >= 15 is 0 Å². The highest BCUT2D eigenvalue weighted by Gasteiger charge is 2.31. The number of aryl methyl sites for hydroxylation is 1. The molecule has 3 aromatic carbocycles. The Kier molecular flexibility index (Phi) is 9.75. The van der Waals surface area contributed by atoms with Crippen LogP contribution in [0.5, 0.6) is 5.75 Å². The Bertz CT molecular complexity index is 1110. The van der Waals surface area contributed by atoms with Crippen LogP contribution < -0.4 is 10.1 Å². The molecule has 1 aliphatic carbocycles. The van der Waals surface area contributed by atoms with E-state index in [9.17, 15) is 9.59 Å². The van der Waals surface area contributed by atoms with Crippen LogP contribution >= 0.6 is 0 Å². The van der Waals surface area contributed by atoms with E-state index in [0.717, 1.165) is 42.6 Å². The van der Waals surface area contributed by atoms with Crippen LogP contribution in [0.25, 0.3) is 0 Å². The van der Waals surface area contributed by atoms with Crippen molar-refractivity contribution in [2.45, 2.75) is 70.5 Å². The third kappa shape index (κ3) is 8.21. The number of hydrogen-bond acceptors (Lipinski definition) is 3. The molecular formula is C32H38N2O3. The molecule has 1 aliphatic rings. The lowest BCUT2D eigenvalue weighted by atomic mass is 10.0. The van der Waals surface area contributed by atoms with Crippen LogP contribution in [0.1, 0.15) is 55.2 Å². The predicted molar refractivity (Wildman–Crippen MR) is 147 cm³/mol. The Balaban J connectivity index is 1.49. The largest absolute Gasteiger partial charge is 0.494 e. The van der Waals surface area contributed by atoms with Gasteiger partial charge in [-0.25, -0.2) is 0 Å². The Morgan fingerprint density at radius 2 is 1.51 bits per heavy atom. The van der Waals surface area contributed by atoms with Crippen LogP contribution in [0, 0.1) is 6.92 Å². The molecule has 194 valence electrons. The molecule has 1 N–H and O–H groups in total. The third-order valence-electron chi connectivity index (χ3n) is 6.99. The van der Waals surface area contributed by atoms with Crippen molar-refractivity contribution in [2.75, 3.05) is 6.61 Å². The number of nitrogens with zero attached hydrogens (tertiary/aromatic N) is 1. The number of ether oxygens (including phenoxy) is 1. The van der Waals surface area contributed by atoms with Gasteiger partial charge in [-0.15, -0.1) is 0 Å². The molecule has 4 rings (SSSR count). The van der Waals surface area contributed by atoms with Crippen molar-refractivity contribution in [1.82, 2.24) is 10.2 Å². The van der Waals surface area contributed by atoms with Crippen molar-refractivity contribution in [1.29, 1.82) is 0 Å². The summed E-state index contributed by atoms with van der Waals surface area (Å²) < 4.78 is 5.85. The summed E-state index contributed by atoms with van der Waals surface area (Å²) in [6.45, 7) is 2.89. The highest BCUT2D eigenvalue weighted by Crippen LogP contribution is 2.21. The first-order valence-corrected chi connectivity index (χ1v) is 13.5. The van der Waals surface area contributed by atoms with Crippen LogP contribution in [-0.4, -0.2) is 35.4 Å². The summed E-state index contributed by atoms with van der Waals surface area (Å²) in [5, 5.41) is 3.26. The van der Waals surface area contributed by atoms with E-state index in [1.54, 1.807) is 4.90 Å². The molecule has 37 heavy (non-hydrogen) atoms. The number of carbonyl (C=O) groups excluding carboxylic acids is 2. The smallest absolute Gasteiger partial charge is 0.243 e. The Morgan fingerprint density at radius 3 is 2.16 bits per heavy atom. The molecule has 2 amide bonds. The topological polar surface area (TPSA) is 58.6 Å². The van der Waals surface area contributed by atoms with Gasteiger partial charge in [0.25, 0.3) is 0 Å². The van der Waals surface area contributed by atoms with Crippen molar-refractivity contribution < 1.29 is 14.3 Å². The SMILES string of the molecule is Cc1ccc(OCCCC(=O)N(Cc2ccccc2)C(Cc2ccccc2)C(=O)NC2CCCC2)cc1. The van der Waals surface area contributed by atoms with Crippen molar-refractivity contribution >= 4 is 11.8 Å². The summed E-state index contributed by atoms with van der Waals surface area (Å²) in [7, 11) is 0. The van der Waals surface area contributed by atoms with Gasteiger partial charge in [-0.05, 0) is 49.4 Å². The van der Waals surface area contributed by atoms with Gasteiger partial charge in [0.05, 0.1) is 6.61 Å². The number of hydrogen-bond donors (Lipinski definition) is 1. The summed E-state index contributed by atoms with van der Waals surface area (Å²) >= 11 is 0. The summed E-state index contributed by atoms with van der Waals surface area (Å²) in [4.78, 5) is 29.1. The molecule has 5 heteroatoms. The molecule has 0 radical (unpaired) electrons. The minimum absolute atomic E-state index is 0.0288. The minimum Gasteiger partial charge on any atom is -0.494 e. The lowest BCUT2D eigenvalue weighted by Gasteiger charge is -2.32.